The van der Waals surface area contributed by atoms with Gasteiger partial charge in [0.05, 0.1) is 6.54 Å². The van der Waals surface area contributed by atoms with Crippen molar-refractivity contribution in [2.24, 2.45) is 4.99 Å². The number of aryl methyl sites for hydroxylation is 1. The van der Waals surface area contributed by atoms with Crippen molar-refractivity contribution in [1.29, 1.82) is 0 Å². The van der Waals surface area contributed by atoms with E-state index in [1.54, 1.807) is 6.07 Å². The Bertz CT molecular complexity index is 558. The Morgan fingerprint density at radius 1 is 1.42 bits per heavy atom. The van der Waals surface area contributed by atoms with Crippen molar-refractivity contribution in [3.8, 4) is 0 Å². The van der Waals surface area contributed by atoms with Crippen LogP contribution in [0.2, 0.25) is 0 Å². The minimum absolute atomic E-state index is 0.0530. The number of carbonyl (C=O) groups excluding carboxylic acids is 1. The lowest BCUT2D eigenvalue weighted by Gasteiger charge is -2.12. The quantitative estimate of drug-likeness (QED) is 0.519. The molecule has 1 aromatic heterocycles. The zero-order valence-electron chi connectivity index (χ0n) is 14.5. The van der Waals surface area contributed by atoms with Crippen molar-refractivity contribution in [2.45, 2.75) is 38.4 Å². The van der Waals surface area contributed by atoms with Crippen molar-refractivity contribution >= 4 is 29.4 Å². The molecule has 1 aliphatic rings. The van der Waals surface area contributed by atoms with Crippen LogP contribution in [0.25, 0.3) is 0 Å². The van der Waals surface area contributed by atoms with E-state index in [1.807, 2.05) is 37.7 Å². The Labute approximate surface area is 148 Å². The summed E-state index contributed by atoms with van der Waals surface area (Å²) in [6.07, 6.45) is 2.92. The molecular formula is C17H27N5OS. The first kappa shape index (κ1) is 18.6. The summed E-state index contributed by atoms with van der Waals surface area (Å²) in [5, 5.41) is 9.89. The molecule has 132 valence electrons. The molecule has 1 fully saturated rings. The number of pyridine rings is 1. The Morgan fingerprint density at radius 3 is 3.00 bits per heavy atom. The number of thioether (sulfide) groups is 1. The van der Waals surface area contributed by atoms with E-state index in [-0.39, 0.29) is 5.91 Å². The molecule has 0 aliphatic carbocycles. The predicted molar refractivity (Wildman–Crippen MR) is 102 cm³/mol. The first-order valence-corrected chi connectivity index (χ1v) is 9.59. The minimum atomic E-state index is -0.0530. The number of nitrogens with zero attached hydrogens (tertiary/aromatic N) is 2. The van der Waals surface area contributed by atoms with E-state index < -0.39 is 0 Å². The van der Waals surface area contributed by atoms with Gasteiger partial charge in [-0.05, 0) is 44.6 Å². The average Bonchev–Trinajstić information content (AvgIpc) is 3.06. The Kier molecular flexibility index (Phi) is 7.88. The molecule has 24 heavy (non-hydrogen) atoms. The van der Waals surface area contributed by atoms with Crippen molar-refractivity contribution in [2.75, 3.05) is 30.7 Å². The van der Waals surface area contributed by atoms with Gasteiger partial charge in [0.2, 0.25) is 5.91 Å². The molecule has 3 N–H and O–H groups in total. The average molecular weight is 350 g/mol. The largest absolute Gasteiger partial charge is 0.357 e. The highest BCUT2D eigenvalue weighted by molar-refractivity contribution is 8.00. The molecule has 0 spiro atoms. The minimum Gasteiger partial charge on any atom is -0.357 e. The summed E-state index contributed by atoms with van der Waals surface area (Å²) in [6.45, 7) is 6.13. The van der Waals surface area contributed by atoms with Gasteiger partial charge in [-0.2, -0.15) is 11.8 Å². The van der Waals surface area contributed by atoms with Crippen LogP contribution in [0, 0.1) is 6.92 Å². The van der Waals surface area contributed by atoms with E-state index in [0.29, 0.717) is 24.0 Å². The summed E-state index contributed by atoms with van der Waals surface area (Å²) in [4.78, 5) is 20.9. The first-order chi connectivity index (χ1) is 11.7. The van der Waals surface area contributed by atoms with Crippen LogP contribution in [-0.2, 0) is 4.79 Å². The Morgan fingerprint density at radius 2 is 2.29 bits per heavy atom. The second-order valence-electron chi connectivity index (χ2n) is 5.74. The van der Waals surface area contributed by atoms with Gasteiger partial charge in [-0.25, -0.2) is 4.98 Å². The van der Waals surface area contributed by atoms with Gasteiger partial charge in [0.25, 0.3) is 0 Å². The summed E-state index contributed by atoms with van der Waals surface area (Å²) >= 11 is 2.00. The maximum absolute atomic E-state index is 12.0. The van der Waals surface area contributed by atoms with Gasteiger partial charge in [-0.15, -0.1) is 0 Å². The van der Waals surface area contributed by atoms with Gasteiger partial charge in [0.15, 0.2) is 5.96 Å². The van der Waals surface area contributed by atoms with E-state index >= 15 is 0 Å². The zero-order chi connectivity index (χ0) is 17.2. The number of hydrogen-bond acceptors (Lipinski definition) is 4. The van der Waals surface area contributed by atoms with Crippen LogP contribution in [-0.4, -0.2) is 47.5 Å². The fraction of sp³-hybridized carbons (Fsp3) is 0.588. The molecule has 7 heteroatoms. The number of anilines is 1. The van der Waals surface area contributed by atoms with Crippen molar-refractivity contribution in [3.05, 3.63) is 23.9 Å². The lowest BCUT2D eigenvalue weighted by atomic mass is 10.2. The van der Waals surface area contributed by atoms with Gasteiger partial charge >= 0.3 is 0 Å². The van der Waals surface area contributed by atoms with E-state index in [0.717, 1.165) is 24.7 Å². The van der Waals surface area contributed by atoms with Gasteiger partial charge in [0, 0.05) is 30.5 Å². The third kappa shape index (κ3) is 6.78. The number of aromatic nitrogens is 1. The highest BCUT2D eigenvalue weighted by Crippen LogP contribution is 2.25. The molecule has 0 saturated carbocycles. The van der Waals surface area contributed by atoms with Gasteiger partial charge < -0.3 is 16.0 Å². The number of carbonyl (C=O) groups is 1. The van der Waals surface area contributed by atoms with Gasteiger partial charge in [-0.3, -0.25) is 9.79 Å². The number of guanidine groups is 1. The summed E-state index contributed by atoms with van der Waals surface area (Å²) in [5.74, 6) is 2.57. The molecule has 1 aliphatic heterocycles. The number of aliphatic imine (C=N–C) groups is 1. The lowest BCUT2D eigenvalue weighted by molar-refractivity contribution is -0.116. The normalized spacial score (nSPS) is 17.6. The van der Waals surface area contributed by atoms with E-state index in [9.17, 15) is 4.79 Å². The summed E-state index contributed by atoms with van der Waals surface area (Å²) in [7, 11) is 0. The van der Waals surface area contributed by atoms with Crippen molar-refractivity contribution in [3.63, 3.8) is 0 Å². The van der Waals surface area contributed by atoms with Crippen LogP contribution in [0.4, 0.5) is 5.82 Å². The number of amides is 1. The molecule has 0 bridgehead atoms. The van der Waals surface area contributed by atoms with Gasteiger partial charge in [-0.1, -0.05) is 6.07 Å². The van der Waals surface area contributed by atoms with Crippen LogP contribution in [0.3, 0.4) is 0 Å². The summed E-state index contributed by atoms with van der Waals surface area (Å²) < 4.78 is 0. The smallest absolute Gasteiger partial charge is 0.227 e. The molecule has 0 aromatic carbocycles. The number of nitrogens with one attached hydrogen (secondary N) is 3. The third-order valence-electron chi connectivity index (χ3n) is 3.62. The molecule has 1 amide bonds. The molecule has 2 heterocycles. The maximum Gasteiger partial charge on any atom is 0.227 e. The predicted octanol–water partition coefficient (Wildman–Crippen LogP) is 2.17. The highest BCUT2D eigenvalue weighted by atomic mass is 32.2. The SMILES string of the molecule is CCNC(=NCC1CCCS1)NCCC(=O)Nc1cccc(C)n1. The molecule has 1 atom stereocenters. The molecule has 0 radical (unpaired) electrons. The van der Waals surface area contributed by atoms with E-state index in [1.165, 1.54) is 18.6 Å². The lowest BCUT2D eigenvalue weighted by Crippen LogP contribution is -2.39. The fourth-order valence-electron chi connectivity index (χ4n) is 2.44. The second kappa shape index (κ2) is 10.2. The fourth-order valence-corrected chi connectivity index (χ4v) is 3.62. The molecule has 2 rings (SSSR count). The third-order valence-corrected chi connectivity index (χ3v) is 5.00. The van der Waals surface area contributed by atoms with Crippen LogP contribution in [0.5, 0.6) is 0 Å². The van der Waals surface area contributed by atoms with Crippen LogP contribution in [0.1, 0.15) is 31.9 Å². The monoisotopic (exact) mass is 349 g/mol. The molecule has 1 aromatic rings. The molecule has 1 saturated heterocycles. The Balaban J connectivity index is 1.72. The molecule has 6 nitrogen and oxygen atoms in total. The van der Waals surface area contributed by atoms with Crippen LogP contribution < -0.4 is 16.0 Å². The van der Waals surface area contributed by atoms with Crippen molar-refractivity contribution < 1.29 is 4.79 Å². The summed E-state index contributed by atoms with van der Waals surface area (Å²) in [6, 6.07) is 5.58. The molecule has 1 unspecified atom stereocenters. The van der Waals surface area contributed by atoms with Gasteiger partial charge in [0.1, 0.15) is 5.82 Å². The van der Waals surface area contributed by atoms with Crippen molar-refractivity contribution in [1.82, 2.24) is 15.6 Å². The maximum atomic E-state index is 12.0. The van der Waals surface area contributed by atoms with E-state index in [4.69, 9.17) is 0 Å². The highest BCUT2D eigenvalue weighted by Gasteiger charge is 2.15. The Hall–Kier alpha value is -1.76. The molecular weight excluding hydrogens is 322 g/mol. The topological polar surface area (TPSA) is 78.4 Å². The number of rotatable bonds is 7. The standard InChI is InChI=1S/C17H27N5OS/c1-3-18-17(20-12-14-7-5-11-24-14)19-10-9-16(23)22-15-8-4-6-13(2)21-15/h4,6,8,14H,3,5,7,9-12H2,1-2H3,(H2,18,19,20)(H,21,22,23). The van der Waals surface area contributed by atoms with E-state index in [2.05, 4.69) is 25.9 Å². The zero-order valence-corrected chi connectivity index (χ0v) is 15.3. The number of hydrogen-bond donors (Lipinski definition) is 3. The second-order valence-corrected chi connectivity index (χ2v) is 7.15. The summed E-state index contributed by atoms with van der Waals surface area (Å²) in [5.41, 5.74) is 0.886. The van der Waals surface area contributed by atoms with Crippen LogP contribution in [0.15, 0.2) is 23.2 Å². The van der Waals surface area contributed by atoms with Crippen LogP contribution >= 0.6 is 11.8 Å². The first-order valence-electron chi connectivity index (χ1n) is 8.54.